The molecule has 2 aliphatic rings. The van der Waals surface area contributed by atoms with Crippen LogP contribution < -0.4 is 14.2 Å². The van der Waals surface area contributed by atoms with Gasteiger partial charge in [-0.1, -0.05) is 0 Å². The van der Waals surface area contributed by atoms with Gasteiger partial charge in [-0.15, -0.1) is 0 Å². The highest BCUT2D eigenvalue weighted by Crippen LogP contribution is 2.34. The number of nitrogens with zero attached hydrogens (tertiary/aromatic N) is 3. The average Bonchev–Trinajstić information content (AvgIpc) is 2.75. The number of morpholine rings is 1. The number of rotatable bonds is 6. The summed E-state index contributed by atoms with van der Waals surface area (Å²) in [7, 11) is -1.86. The Labute approximate surface area is 170 Å². The van der Waals surface area contributed by atoms with E-state index in [0.717, 1.165) is 36.6 Å². The molecular formula is C19H26N4O5S. The monoisotopic (exact) mass is 422 g/mol. The normalized spacial score (nSPS) is 23.8. The first-order chi connectivity index (χ1) is 14.0. The maximum absolute atomic E-state index is 12.5. The summed E-state index contributed by atoms with van der Waals surface area (Å²) in [4.78, 5) is 8.29. The number of nitrogens with one attached hydrogen (secondary N) is 1. The van der Waals surface area contributed by atoms with Crippen LogP contribution in [0.1, 0.15) is 25.7 Å². The molecule has 9 nitrogen and oxygen atoms in total. The van der Waals surface area contributed by atoms with Gasteiger partial charge in [0.1, 0.15) is 6.33 Å². The summed E-state index contributed by atoms with van der Waals surface area (Å²) >= 11 is 0. The highest BCUT2D eigenvalue weighted by atomic mass is 32.2. The van der Waals surface area contributed by atoms with Gasteiger partial charge in [-0.2, -0.15) is 17.4 Å². The predicted molar refractivity (Wildman–Crippen MR) is 107 cm³/mol. The second-order valence-electron chi connectivity index (χ2n) is 7.31. The number of benzene rings is 1. The van der Waals surface area contributed by atoms with Crippen molar-refractivity contribution in [2.75, 3.05) is 33.4 Å². The fraction of sp³-hybridized carbons (Fsp3) is 0.579. The maximum atomic E-state index is 12.5. The van der Waals surface area contributed by atoms with Crippen LogP contribution in [-0.4, -0.2) is 68.2 Å². The summed E-state index contributed by atoms with van der Waals surface area (Å²) in [6.45, 7) is 1.69. The summed E-state index contributed by atoms with van der Waals surface area (Å²) in [5.41, 5.74) is 0.797. The minimum absolute atomic E-state index is 0.00937. The van der Waals surface area contributed by atoms with Crippen LogP contribution in [0, 0.1) is 0 Å². The second kappa shape index (κ2) is 8.78. The van der Waals surface area contributed by atoms with Crippen LogP contribution in [0.4, 0.5) is 0 Å². The molecule has 4 rings (SSSR count). The Balaban J connectivity index is 1.36. The molecule has 1 saturated heterocycles. The van der Waals surface area contributed by atoms with Gasteiger partial charge >= 0.3 is 0 Å². The van der Waals surface area contributed by atoms with Crippen molar-refractivity contribution in [3.8, 4) is 11.5 Å². The van der Waals surface area contributed by atoms with Crippen LogP contribution in [0.3, 0.4) is 0 Å². The topological polar surface area (TPSA) is 103 Å². The molecule has 0 unspecified atom stereocenters. The Morgan fingerprint density at radius 1 is 1.14 bits per heavy atom. The van der Waals surface area contributed by atoms with E-state index in [9.17, 15) is 8.42 Å². The van der Waals surface area contributed by atoms with Crippen LogP contribution in [0.25, 0.3) is 10.9 Å². The lowest BCUT2D eigenvalue weighted by molar-refractivity contribution is 0.0719. The van der Waals surface area contributed by atoms with E-state index < -0.39 is 10.2 Å². The first-order valence-electron chi connectivity index (χ1n) is 9.85. The highest BCUT2D eigenvalue weighted by Gasteiger charge is 2.30. The quantitative estimate of drug-likeness (QED) is 0.752. The van der Waals surface area contributed by atoms with E-state index in [4.69, 9.17) is 14.2 Å². The van der Waals surface area contributed by atoms with Crippen molar-refractivity contribution in [2.45, 2.75) is 37.8 Å². The van der Waals surface area contributed by atoms with E-state index in [2.05, 4.69) is 14.7 Å². The van der Waals surface area contributed by atoms with E-state index in [1.165, 1.54) is 10.6 Å². The molecule has 10 heteroatoms. The molecule has 2 fully saturated rings. The van der Waals surface area contributed by atoms with Gasteiger partial charge in [-0.25, -0.2) is 9.97 Å². The summed E-state index contributed by atoms with van der Waals surface area (Å²) in [6, 6.07) is 3.66. The van der Waals surface area contributed by atoms with E-state index in [1.807, 2.05) is 12.1 Å². The van der Waals surface area contributed by atoms with Crippen LogP contribution in [0.2, 0.25) is 0 Å². The number of aromatic nitrogens is 2. The Bertz CT molecular complexity index is 941. The zero-order valence-electron chi connectivity index (χ0n) is 16.4. The second-order valence-corrected chi connectivity index (χ2v) is 9.01. The lowest BCUT2D eigenvalue weighted by atomic mass is 9.93. The van der Waals surface area contributed by atoms with Gasteiger partial charge < -0.3 is 14.2 Å². The van der Waals surface area contributed by atoms with Crippen molar-refractivity contribution in [1.29, 1.82) is 0 Å². The molecular weight excluding hydrogens is 396 g/mol. The van der Waals surface area contributed by atoms with Crippen LogP contribution in [0.5, 0.6) is 11.5 Å². The van der Waals surface area contributed by atoms with Gasteiger partial charge in [0.25, 0.3) is 10.2 Å². The number of hydrogen-bond donors (Lipinski definition) is 1. The van der Waals surface area contributed by atoms with Gasteiger partial charge in [0.15, 0.2) is 11.5 Å². The van der Waals surface area contributed by atoms with Crippen molar-refractivity contribution < 1.29 is 22.6 Å². The molecule has 1 aliphatic heterocycles. The Hall–Kier alpha value is -2.01. The summed E-state index contributed by atoms with van der Waals surface area (Å²) in [5.74, 6) is 1.29. The molecule has 0 bridgehead atoms. The molecule has 1 aromatic heterocycles. The summed E-state index contributed by atoms with van der Waals surface area (Å²) in [6.07, 6.45) is 6.25. The minimum atomic E-state index is -3.47. The van der Waals surface area contributed by atoms with Crippen molar-refractivity contribution in [1.82, 2.24) is 19.0 Å². The maximum Gasteiger partial charge on any atom is 0.279 e. The molecule has 0 atom stereocenters. The van der Waals surface area contributed by atoms with E-state index in [1.54, 1.807) is 13.3 Å². The molecule has 1 aromatic carbocycles. The smallest absolute Gasteiger partial charge is 0.279 e. The van der Waals surface area contributed by atoms with Gasteiger partial charge in [0, 0.05) is 36.8 Å². The summed E-state index contributed by atoms with van der Waals surface area (Å²) in [5, 5.41) is 0.884. The van der Waals surface area contributed by atoms with Gasteiger partial charge in [0.2, 0.25) is 0 Å². The van der Waals surface area contributed by atoms with Crippen molar-refractivity contribution in [3.63, 3.8) is 0 Å². The molecule has 158 valence electrons. The number of ether oxygens (including phenoxy) is 3. The van der Waals surface area contributed by atoms with E-state index in [0.29, 0.717) is 37.8 Å². The zero-order valence-corrected chi connectivity index (χ0v) is 17.2. The number of fused-ring (bicyclic) bond motifs is 1. The lowest BCUT2D eigenvalue weighted by Crippen LogP contribution is -2.50. The molecule has 0 radical (unpaired) electrons. The molecule has 1 N–H and O–H groups in total. The van der Waals surface area contributed by atoms with Crippen molar-refractivity contribution in [2.24, 2.45) is 0 Å². The first-order valence-corrected chi connectivity index (χ1v) is 11.3. The highest BCUT2D eigenvalue weighted by molar-refractivity contribution is 7.87. The largest absolute Gasteiger partial charge is 0.493 e. The standard InChI is InChI=1S/C19H26N4O5S/c1-26-18-11-17-14(12-20-13-21-17)10-19(18)28-16-4-2-15(3-5-16)22-29(24,25)23-6-8-27-9-7-23/h10-13,15-16,22H,2-9H2,1H3. The number of methoxy groups -OCH3 is 1. The third-order valence-electron chi connectivity index (χ3n) is 5.38. The average molecular weight is 423 g/mol. The van der Waals surface area contributed by atoms with Crippen molar-refractivity contribution >= 4 is 21.1 Å². The third kappa shape index (κ3) is 4.77. The van der Waals surface area contributed by atoms with Crippen LogP contribution >= 0.6 is 0 Å². The van der Waals surface area contributed by atoms with Gasteiger partial charge in [-0.05, 0) is 31.7 Å². The molecule has 0 spiro atoms. The fourth-order valence-corrected chi connectivity index (χ4v) is 5.23. The fourth-order valence-electron chi connectivity index (χ4n) is 3.79. The summed E-state index contributed by atoms with van der Waals surface area (Å²) < 4.78 is 46.3. The predicted octanol–water partition coefficient (Wildman–Crippen LogP) is 1.49. The van der Waals surface area contributed by atoms with E-state index in [-0.39, 0.29) is 12.1 Å². The van der Waals surface area contributed by atoms with E-state index >= 15 is 0 Å². The lowest BCUT2D eigenvalue weighted by Gasteiger charge is -2.32. The van der Waals surface area contributed by atoms with Crippen LogP contribution in [-0.2, 0) is 14.9 Å². The molecule has 29 heavy (non-hydrogen) atoms. The molecule has 2 aromatic rings. The molecule has 1 aliphatic carbocycles. The molecule has 2 heterocycles. The van der Waals surface area contributed by atoms with Gasteiger partial charge in [-0.3, -0.25) is 0 Å². The third-order valence-corrected chi connectivity index (χ3v) is 7.06. The Morgan fingerprint density at radius 2 is 1.90 bits per heavy atom. The SMILES string of the molecule is COc1cc2ncncc2cc1OC1CCC(NS(=O)(=O)N2CCOCC2)CC1. The van der Waals surface area contributed by atoms with Gasteiger partial charge in [0.05, 0.1) is 31.9 Å². The minimum Gasteiger partial charge on any atom is -0.493 e. The zero-order chi connectivity index (χ0) is 20.3. The van der Waals surface area contributed by atoms with Crippen molar-refractivity contribution in [3.05, 3.63) is 24.7 Å². The number of hydrogen-bond acceptors (Lipinski definition) is 7. The Morgan fingerprint density at radius 3 is 2.62 bits per heavy atom. The van der Waals surface area contributed by atoms with Crippen LogP contribution in [0.15, 0.2) is 24.7 Å². The first kappa shape index (κ1) is 20.3. The Kier molecular flexibility index (Phi) is 6.14. The molecule has 0 amide bonds. The molecule has 1 saturated carbocycles.